The summed E-state index contributed by atoms with van der Waals surface area (Å²) in [5.74, 6) is 0. The van der Waals surface area contributed by atoms with E-state index < -0.39 is 0 Å². The van der Waals surface area contributed by atoms with E-state index in [2.05, 4.69) is 67.1 Å². The molecule has 0 aliphatic carbocycles. The van der Waals surface area contributed by atoms with Crippen LogP contribution in [-0.2, 0) is 0 Å². The van der Waals surface area contributed by atoms with Crippen molar-refractivity contribution < 1.29 is 0 Å². The molecule has 0 aromatic carbocycles. The largest absolute Gasteiger partial charge is 0.355 e. The molecular formula is BI3Na. The number of hydrogen-bond acceptors (Lipinski definition) is 0. The maximum atomic E-state index is 2.32. The molecule has 0 amide bonds. The third-order valence-electron chi connectivity index (χ3n) is 0. The summed E-state index contributed by atoms with van der Waals surface area (Å²) in [5.41, 5.74) is 0. The molecule has 0 fully saturated rings. The first-order valence-electron chi connectivity index (χ1n) is 0.655. The molecule has 1 radical (unpaired) electrons. The summed E-state index contributed by atoms with van der Waals surface area (Å²) in [5, 5.41) is 0. The van der Waals surface area contributed by atoms with Gasteiger partial charge in [-0.25, -0.2) is 0 Å². The van der Waals surface area contributed by atoms with E-state index in [4.69, 9.17) is 0 Å². The normalized spacial score (nSPS) is 5.40. The fourth-order valence-corrected chi connectivity index (χ4v) is 0. The van der Waals surface area contributed by atoms with Gasteiger partial charge in [0.1, 0.15) is 0 Å². The predicted molar refractivity (Wildman–Crippen MR) is 53.6 cm³/mol. The van der Waals surface area contributed by atoms with Crippen LogP contribution in [0.5, 0.6) is 0 Å². The predicted octanol–water partition coefficient (Wildman–Crippen LogP) is 1.90. The van der Waals surface area contributed by atoms with Crippen molar-refractivity contribution in [2.75, 3.05) is 0 Å². The monoisotopic (exact) mass is 415 g/mol. The molecule has 0 unspecified atom stereocenters. The van der Waals surface area contributed by atoms with Crippen LogP contribution in [0.25, 0.3) is 0 Å². The van der Waals surface area contributed by atoms with E-state index in [9.17, 15) is 0 Å². The van der Waals surface area contributed by atoms with Gasteiger partial charge in [-0.2, -0.15) is 0 Å². The molecule has 0 aromatic heterocycles. The van der Waals surface area contributed by atoms with Gasteiger partial charge >= 0.3 is 0.282 Å². The standard InChI is InChI=1S/BI3.Na/c2-1(3)4;. The van der Waals surface area contributed by atoms with Gasteiger partial charge in [-0.1, -0.05) is 0 Å². The quantitative estimate of drug-likeness (QED) is 0.420. The van der Waals surface area contributed by atoms with Crippen molar-refractivity contribution in [3.05, 3.63) is 0 Å². The van der Waals surface area contributed by atoms with Crippen LogP contribution in [0.4, 0.5) is 0 Å². The molecule has 0 aliphatic rings. The van der Waals surface area contributed by atoms with Crippen molar-refractivity contribution in [1.82, 2.24) is 0 Å². The van der Waals surface area contributed by atoms with E-state index in [1.807, 2.05) is 0 Å². The summed E-state index contributed by atoms with van der Waals surface area (Å²) in [4.78, 5) is 0. The maximum Gasteiger partial charge on any atom is 0.355 e. The first kappa shape index (κ1) is 11.1. The van der Waals surface area contributed by atoms with E-state index in [0.29, 0.717) is 0 Å². The Morgan fingerprint density at radius 1 is 1.00 bits per heavy atom. The van der Waals surface area contributed by atoms with E-state index in [1.54, 1.807) is 0 Å². The van der Waals surface area contributed by atoms with Crippen LogP contribution in [0.2, 0.25) is 0 Å². The summed E-state index contributed by atoms with van der Waals surface area (Å²) in [6, 6.07) is 0. The average molecular weight is 415 g/mol. The summed E-state index contributed by atoms with van der Waals surface area (Å²) < 4.78 is 0.743. The minimum absolute atomic E-state index is 0. The van der Waals surface area contributed by atoms with Gasteiger partial charge < -0.3 is 0 Å². The van der Waals surface area contributed by atoms with Crippen LogP contribution in [0.15, 0.2) is 0 Å². The summed E-state index contributed by atoms with van der Waals surface area (Å²) in [7, 11) is 0. The fourth-order valence-electron chi connectivity index (χ4n) is 0. The van der Waals surface area contributed by atoms with E-state index in [0.717, 1.165) is 0.282 Å². The van der Waals surface area contributed by atoms with Crippen LogP contribution >= 0.6 is 67.1 Å². The van der Waals surface area contributed by atoms with Gasteiger partial charge in [0.25, 0.3) is 0 Å². The van der Waals surface area contributed by atoms with Gasteiger partial charge in [-0.15, -0.1) is 67.1 Å². The maximum absolute atomic E-state index is 2.32. The second-order valence-corrected chi connectivity index (χ2v) is 11.1. The Morgan fingerprint density at radius 3 is 1.00 bits per heavy atom. The zero-order chi connectivity index (χ0) is 3.58. The Labute approximate surface area is 94.6 Å². The smallest absolute Gasteiger partial charge is 0.118 e. The third kappa shape index (κ3) is 18.9. The third-order valence-corrected chi connectivity index (χ3v) is 0. The minimum Gasteiger partial charge on any atom is -0.118 e. The molecule has 0 nitrogen and oxygen atoms in total. The zero-order valence-corrected chi connectivity index (χ0v) is 11.2. The Bertz CT molecular complexity index is 11.6. The first-order chi connectivity index (χ1) is 1.73. The minimum atomic E-state index is 0. The Balaban J connectivity index is 0. The van der Waals surface area contributed by atoms with Crippen molar-refractivity contribution in [3.8, 4) is 0 Å². The molecule has 0 N–H and O–H groups in total. The first-order valence-corrected chi connectivity index (χ1v) is 4.39. The fraction of sp³-hybridized carbons (Fsp3) is 0. The van der Waals surface area contributed by atoms with Crippen molar-refractivity contribution in [2.45, 2.75) is 0 Å². The summed E-state index contributed by atoms with van der Waals surface area (Å²) in [6.45, 7) is 0. The van der Waals surface area contributed by atoms with Gasteiger partial charge in [0.2, 0.25) is 0 Å². The van der Waals surface area contributed by atoms with Gasteiger partial charge in [0, 0.05) is 29.6 Å². The number of halogens is 3. The van der Waals surface area contributed by atoms with E-state index >= 15 is 0 Å². The van der Waals surface area contributed by atoms with Crippen LogP contribution in [0, 0.1) is 0 Å². The SMILES string of the molecule is IB(I)I.[Na]. The molecule has 0 saturated carbocycles. The van der Waals surface area contributed by atoms with Crippen molar-refractivity contribution >= 4 is 97.0 Å². The average Bonchev–Trinajstić information content (AvgIpc) is 0.811. The molecule has 0 atom stereocenters. The zero-order valence-electron chi connectivity index (χ0n) is 2.71. The van der Waals surface area contributed by atoms with Crippen molar-refractivity contribution in [3.63, 3.8) is 0 Å². The summed E-state index contributed by atoms with van der Waals surface area (Å²) in [6.07, 6.45) is 0. The Hall–Kier alpha value is 3.25. The van der Waals surface area contributed by atoms with Crippen molar-refractivity contribution in [2.24, 2.45) is 0 Å². The Morgan fingerprint density at radius 2 is 1.00 bits per heavy atom. The summed E-state index contributed by atoms with van der Waals surface area (Å²) >= 11 is 6.95. The molecule has 0 aromatic rings. The molecule has 0 aliphatic heterocycles. The second kappa shape index (κ2) is 7.25. The van der Waals surface area contributed by atoms with Crippen LogP contribution in [0.3, 0.4) is 0 Å². The number of rotatable bonds is 0. The van der Waals surface area contributed by atoms with Gasteiger partial charge in [-0.05, 0) is 0 Å². The molecule has 0 rings (SSSR count). The molecule has 0 spiro atoms. The molecule has 0 saturated heterocycles. The molecule has 5 heteroatoms. The number of hydrogen-bond donors (Lipinski definition) is 0. The van der Waals surface area contributed by atoms with Gasteiger partial charge in [-0.3, -0.25) is 0 Å². The topological polar surface area (TPSA) is 0 Å². The van der Waals surface area contributed by atoms with Crippen LogP contribution in [0.1, 0.15) is 0 Å². The van der Waals surface area contributed by atoms with Gasteiger partial charge in [0.05, 0.1) is 0 Å². The van der Waals surface area contributed by atoms with E-state index in [-0.39, 0.29) is 29.6 Å². The Kier molecular flexibility index (Phi) is 16.1. The van der Waals surface area contributed by atoms with E-state index in [1.165, 1.54) is 0 Å². The van der Waals surface area contributed by atoms with Crippen LogP contribution in [-0.4, -0.2) is 29.8 Å². The van der Waals surface area contributed by atoms with Crippen molar-refractivity contribution in [1.29, 1.82) is 0 Å². The molecule has 5 heavy (non-hydrogen) atoms. The molecule has 25 valence electrons. The molecular weight excluding hydrogens is 415 g/mol. The second-order valence-electron chi connectivity index (χ2n) is 0.247. The van der Waals surface area contributed by atoms with Crippen LogP contribution < -0.4 is 0 Å². The van der Waals surface area contributed by atoms with Gasteiger partial charge in [0.15, 0.2) is 0 Å². The molecule has 0 bridgehead atoms. The molecule has 0 heterocycles.